The van der Waals surface area contributed by atoms with Crippen molar-refractivity contribution in [3.63, 3.8) is 0 Å². The molecule has 0 unspecified atom stereocenters. The molecule has 1 fully saturated rings. The van der Waals surface area contributed by atoms with Gasteiger partial charge in [-0.1, -0.05) is 92.5 Å². The third-order valence-corrected chi connectivity index (χ3v) is 6.69. The van der Waals surface area contributed by atoms with Crippen molar-refractivity contribution in [1.29, 1.82) is 0 Å². The Hall–Kier alpha value is -2.66. The predicted molar refractivity (Wildman–Crippen MR) is 123 cm³/mol. The fraction of sp³-hybridized carbons (Fsp3) is 0.360. The van der Waals surface area contributed by atoms with Crippen molar-refractivity contribution in [2.24, 2.45) is 5.92 Å². The molecular weight excluding hydrogens is 390 g/mol. The number of rotatable bonds is 8. The van der Waals surface area contributed by atoms with Crippen molar-refractivity contribution in [2.45, 2.75) is 44.6 Å². The van der Waals surface area contributed by atoms with Crippen LogP contribution in [0.4, 0.5) is 4.79 Å². The summed E-state index contributed by atoms with van der Waals surface area (Å²) in [5.74, 6) is -0.554. The summed E-state index contributed by atoms with van der Waals surface area (Å²) in [5, 5.41) is 0. The zero-order valence-corrected chi connectivity index (χ0v) is 19.1. The lowest BCUT2D eigenvalue weighted by Gasteiger charge is -2.24. The highest BCUT2D eigenvalue weighted by Crippen LogP contribution is 2.23. The highest BCUT2D eigenvalue weighted by molar-refractivity contribution is 6.76. The van der Waals surface area contributed by atoms with E-state index in [-0.39, 0.29) is 24.5 Å². The number of carbonyl (C=O) groups excluding carboxylic acids is 2. The molecule has 5 heteroatoms. The Bertz CT molecular complexity index is 874. The summed E-state index contributed by atoms with van der Waals surface area (Å²) in [6.45, 7) is 7.16. The topological polar surface area (TPSA) is 46.6 Å². The summed E-state index contributed by atoms with van der Waals surface area (Å²) in [6, 6.07) is 20.6. The van der Waals surface area contributed by atoms with Gasteiger partial charge in [-0.05, 0) is 30.0 Å². The molecule has 1 saturated heterocycles. The van der Waals surface area contributed by atoms with Crippen molar-refractivity contribution < 1.29 is 14.3 Å². The van der Waals surface area contributed by atoms with Crippen LogP contribution in [-0.4, -0.2) is 37.6 Å². The molecule has 0 bridgehead atoms. The number of benzene rings is 2. The molecule has 2 atom stereocenters. The Morgan fingerprint density at radius 3 is 2.27 bits per heavy atom. The Morgan fingerprint density at radius 2 is 1.67 bits per heavy atom. The second-order valence-corrected chi connectivity index (χ2v) is 14.6. The number of carbonyl (C=O) groups is 2. The molecule has 1 heterocycles. The van der Waals surface area contributed by atoms with E-state index in [1.807, 2.05) is 66.7 Å². The first-order valence-electron chi connectivity index (χ1n) is 10.6. The maximum atomic E-state index is 13.5. The van der Waals surface area contributed by atoms with Gasteiger partial charge in [0.2, 0.25) is 5.91 Å². The summed E-state index contributed by atoms with van der Waals surface area (Å²) in [7, 11) is -1.26. The van der Waals surface area contributed by atoms with Crippen LogP contribution in [0.1, 0.15) is 11.1 Å². The molecule has 30 heavy (non-hydrogen) atoms. The second kappa shape index (κ2) is 9.89. The fourth-order valence-electron chi connectivity index (χ4n) is 3.64. The molecule has 0 saturated carbocycles. The van der Waals surface area contributed by atoms with Gasteiger partial charge in [-0.2, -0.15) is 0 Å². The van der Waals surface area contributed by atoms with Gasteiger partial charge >= 0.3 is 6.09 Å². The lowest BCUT2D eigenvalue weighted by atomic mass is 9.96. The highest BCUT2D eigenvalue weighted by atomic mass is 28.3. The van der Waals surface area contributed by atoms with Crippen LogP contribution in [0.2, 0.25) is 25.7 Å². The van der Waals surface area contributed by atoms with Crippen molar-refractivity contribution in [2.75, 3.05) is 6.61 Å². The van der Waals surface area contributed by atoms with E-state index in [0.29, 0.717) is 12.8 Å². The summed E-state index contributed by atoms with van der Waals surface area (Å²) in [6.07, 6.45) is 4.78. The van der Waals surface area contributed by atoms with Gasteiger partial charge in [0.1, 0.15) is 6.61 Å². The van der Waals surface area contributed by atoms with E-state index in [9.17, 15) is 9.59 Å². The molecule has 2 aromatic rings. The maximum Gasteiger partial charge on any atom is 0.417 e. The van der Waals surface area contributed by atoms with E-state index in [2.05, 4.69) is 25.7 Å². The average Bonchev–Trinajstić information content (AvgIpc) is 3.07. The van der Waals surface area contributed by atoms with Gasteiger partial charge in [-0.25, -0.2) is 9.69 Å². The Balaban J connectivity index is 1.80. The van der Waals surface area contributed by atoms with Gasteiger partial charge < -0.3 is 4.74 Å². The Morgan fingerprint density at radius 1 is 1.07 bits per heavy atom. The molecule has 0 aromatic heterocycles. The second-order valence-electron chi connectivity index (χ2n) is 9.12. The van der Waals surface area contributed by atoms with E-state index in [0.717, 1.165) is 17.2 Å². The summed E-state index contributed by atoms with van der Waals surface area (Å²) < 4.78 is 5.28. The normalized spacial score (nSPS) is 17.9. The lowest BCUT2D eigenvalue weighted by molar-refractivity contribution is -0.131. The molecule has 1 aliphatic rings. The third-order valence-electron chi connectivity index (χ3n) is 5.23. The van der Waals surface area contributed by atoms with E-state index >= 15 is 0 Å². The molecule has 0 N–H and O–H groups in total. The minimum atomic E-state index is -1.26. The number of nitrogens with zero attached hydrogens (tertiary/aromatic N) is 1. The van der Waals surface area contributed by atoms with Gasteiger partial charge in [-0.15, -0.1) is 0 Å². The first-order valence-corrected chi connectivity index (χ1v) is 14.3. The van der Waals surface area contributed by atoms with Crippen LogP contribution in [0.15, 0.2) is 72.8 Å². The molecule has 0 spiro atoms. The van der Waals surface area contributed by atoms with Gasteiger partial charge in [0, 0.05) is 8.07 Å². The quantitative estimate of drug-likeness (QED) is 0.427. The van der Waals surface area contributed by atoms with Crippen LogP contribution in [0.25, 0.3) is 0 Å². The van der Waals surface area contributed by atoms with Gasteiger partial charge in [0.15, 0.2) is 0 Å². The molecule has 158 valence electrons. The van der Waals surface area contributed by atoms with Crippen molar-refractivity contribution in [3.8, 4) is 0 Å². The monoisotopic (exact) mass is 421 g/mol. The highest BCUT2D eigenvalue weighted by Gasteiger charge is 2.40. The molecule has 2 aromatic carbocycles. The lowest BCUT2D eigenvalue weighted by Crippen LogP contribution is -2.43. The SMILES string of the molecule is C[Si](C)(C)C/C=C/[C@@H](Cc1ccccc1)C(=O)N1C(=O)OC[C@H]1Cc1ccccc1. The van der Waals surface area contributed by atoms with Crippen molar-refractivity contribution in [1.82, 2.24) is 4.90 Å². The number of ether oxygens (including phenoxy) is 1. The van der Waals surface area contributed by atoms with Gasteiger partial charge in [-0.3, -0.25) is 4.79 Å². The zero-order valence-electron chi connectivity index (χ0n) is 18.1. The third kappa shape index (κ3) is 6.17. The van der Waals surface area contributed by atoms with Gasteiger partial charge in [0.05, 0.1) is 12.0 Å². The smallest absolute Gasteiger partial charge is 0.417 e. The summed E-state index contributed by atoms with van der Waals surface area (Å²) >= 11 is 0. The minimum absolute atomic E-state index is 0.172. The van der Waals surface area contributed by atoms with Crippen molar-refractivity contribution >= 4 is 20.1 Å². The largest absolute Gasteiger partial charge is 0.447 e. The van der Waals surface area contributed by atoms with Crippen LogP contribution in [0.3, 0.4) is 0 Å². The number of hydrogen-bond acceptors (Lipinski definition) is 3. The molecule has 4 nitrogen and oxygen atoms in total. The van der Waals surface area contributed by atoms with E-state index in [1.54, 1.807) is 0 Å². The van der Waals surface area contributed by atoms with Gasteiger partial charge in [0.25, 0.3) is 0 Å². The number of hydrogen-bond donors (Lipinski definition) is 0. The summed E-state index contributed by atoms with van der Waals surface area (Å²) in [5.41, 5.74) is 2.17. The zero-order chi connectivity index (χ0) is 21.6. The maximum absolute atomic E-state index is 13.5. The first-order chi connectivity index (χ1) is 14.3. The molecule has 0 radical (unpaired) electrons. The fourth-order valence-corrected chi connectivity index (χ4v) is 4.48. The van der Waals surface area contributed by atoms with Crippen LogP contribution in [0, 0.1) is 5.92 Å². The summed E-state index contributed by atoms with van der Waals surface area (Å²) in [4.78, 5) is 27.3. The van der Waals surface area contributed by atoms with Crippen LogP contribution < -0.4 is 0 Å². The van der Waals surface area contributed by atoms with E-state index < -0.39 is 14.2 Å². The Labute approximate surface area is 180 Å². The van der Waals surface area contributed by atoms with Crippen molar-refractivity contribution in [3.05, 3.63) is 83.9 Å². The standard InChI is InChI=1S/C25H31NO3Si/c1-30(2,3)16-10-15-22(17-20-11-6-4-7-12-20)24(27)26-23(19-29-25(26)28)18-21-13-8-5-9-14-21/h4-15,22-23H,16-19H2,1-3H3/b15-10+/t22-,23+/m0/s1. The molecule has 0 aliphatic carbocycles. The number of amides is 2. The predicted octanol–water partition coefficient (Wildman–Crippen LogP) is 5.33. The van der Waals surface area contributed by atoms with Crippen LogP contribution in [0.5, 0.6) is 0 Å². The molecule has 1 aliphatic heterocycles. The first kappa shape index (κ1) is 22.0. The molecule has 3 rings (SSSR count). The van der Waals surface area contributed by atoms with E-state index in [4.69, 9.17) is 4.74 Å². The van der Waals surface area contributed by atoms with Crippen LogP contribution in [-0.2, 0) is 22.4 Å². The average molecular weight is 422 g/mol. The molecule has 2 amide bonds. The molecular formula is C25H31NO3Si. The number of cyclic esters (lactones) is 1. The number of imide groups is 1. The number of allylic oxidation sites excluding steroid dienone is 1. The Kier molecular flexibility index (Phi) is 7.27. The van der Waals surface area contributed by atoms with E-state index in [1.165, 1.54) is 4.90 Å². The van der Waals surface area contributed by atoms with Crippen LogP contribution >= 0.6 is 0 Å². The minimum Gasteiger partial charge on any atom is -0.447 e.